The van der Waals surface area contributed by atoms with Crippen LogP contribution in [0.5, 0.6) is 0 Å². The fraction of sp³-hybridized carbons (Fsp3) is 0.632. The fourth-order valence-electron chi connectivity index (χ4n) is 2.56. The molecule has 4 amide bonds. The maximum Gasteiger partial charge on any atom is 0.253 e. The van der Waals surface area contributed by atoms with E-state index in [1.807, 2.05) is 0 Å². The molecule has 0 aromatic rings. The number of imide groups is 1. The van der Waals surface area contributed by atoms with Crippen molar-refractivity contribution in [3.05, 3.63) is 12.2 Å². The van der Waals surface area contributed by atoms with Crippen molar-refractivity contribution in [1.82, 2.24) is 15.5 Å². The Balaban J connectivity index is 1.89. The first-order valence-electron chi connectivity index (χ1n) is 10.2. The summed E-state index contributed by atoms with van der Waals surface area (Å²) in [6, 6.07) is -0.537. The van der Waals surface area contributed by atoms with E-state index in [9.17, 15) is 24.0 Å². The van der Waals surface area contributed by atoms with Gasteiger partial charge >= 0.3 is 0 Å². The fourth-order valence-corrected chi connectivity index (χ4v) is 3.23. The SMILES string of the molecule is N[C@@H](CCCCNC(=O)COCCOCCNC(=O)CCN1C(=O)C=CC1=O)C(=O)P=S. The first-order valence-corrected chi connectivity index (χ1v) is 12.1. The van der Waals surface area contributed by atoms with E-state index in [-0.39, 0.29) is 70.6 Å². The number of rotatable bonds is 18. The Morgan fingerprint density at radius 1 is 1.00 bits per heavy atom. The number of nitrogens with zero attached hydrogens (tertiary/aromatic N) is 1. The molecule has 0 saturated carbocycles. The monoisotopic (exact) mass is 488 g/mol. The Bertz CT molecular complexity index is 702. The second-order valence-electron chi connectivity index (χ2n) is 6.81. The highest BCUT2D eigenvalue weighted by Gasteiger charge is 2.23. The minimum Gasteiger partial charge on any atom is -0.377 e. The number of hydrogen-bond acceptors (Lipinski definition) is 9. The average Bonchev–Trinajstić information content (AvgIpc) is 3.10. The van der Waals surface area contributed by atoms with E-state index < -0.39 is 17.9 Å². The zero-order valence-corrected chi connectivity index (χ0v) is 19.5. The molecule has 0 saturated heterocycles. The third-order valence-electron chi connectivity index (χ3n) is 4.31. The van der Waals surface area contributed by atoms with Crippen molar-refractivity contribution in [3.8, 4) is 0 Å². The summed E-state index contributed by atoms with van der Waals surface area (Å²) in [5.74, 6) is -1.36. The Labute approximate surface area is 193 Å². The topological polar surface area (TPSA) is 157 Å². The standard InChI is InChI=1S/C19H29N4O7PS/c20-14(19(28)31-32)3-1-2-7-21-16(25)13-30-12-11-29-10-8-22-15(24)6-9-23-17(26)4-5-18(23)27/h4-5,14H,1-3,6-13,20H2,(H,21,25)(H,22,24)/t14-/m0/s1. The highest BCUT2D eigenvalue weighted by molar-refractivity contribution is 8.03. The Morgan fingerprint density at radius 3 is 2.34 bits per heavy atom. The molecular formula is C19H29N4O7PS. The van der Waals surface area contributed by atoms with Crippen molar-refractivity contribution < 1.29 is 33.4 Å². The van der Waals surface area contributed by atoms with Crippen LogP contribution < -0.4 is 16.4 Å². The van der Waals surface area contributed by atoms with Gasteiger partial charge < -0.3 is 25.8 Å². The summed E-state index contributed by atoms with van der Waals surface area (Å²) in [6.45, 7) is 1.46. The lowest BCUT2D eigenvalue weighted by Gasteiger charge is -2.13. The van der Waals surface area contributed by atoms with Gasteiger partial charge in [0.05, 0.1) is 33.2 Å². The molecule has 32 heavy (non-hydrogen) atoms. The number of carbonyl (C=O) groups is 5. The highest BCUT2D eigenvalue weighted by Crippen LogP contribution is 2.06. The van der Waals surface area contributed by atoms with Crippen molar-refractivity contribution >= 4 is 48.3 Å². The molecule has 1 rings (SSSR count). The zero-order chi connectivity index (χ0) is 23.8. The van der Waals surface area contributed by atoms with Gasteiger partial charge in [-0.1, -0.05) is 0 Å². The smallest absolute Gasteiger partial charge is 0.253 e. The summed E-state index contributed by atoms with van der Waals surface area (Å²) < 4.78 is 10.5. The highest BCUT2D eigenvalue weighted by atomic mass is 32.4. The van der Waals surface area contributed by atoms with Crippen molar-refractivity contribution in [2.45, 2.75) is 31.7 Å². The maximum absolute atomic E-state index is 11.7. The van der Waals surface area contributed by atoms with Gasteiger partial charge in [-0.2, -0.15) is 0 Å². The van der Waals surface area contributed by atoms with Gasteiger partial charge in [0.2, 0.25) is 17.3 Å². The van der Waals surface area contributed by atoms with Crippen molar-refractivity contribution in [2.75, 3.05) is 46.1 Å². The van der Waals surface area contributed by atoms with Gasteiger partial charge in [-0.15, -0.1) is 0 Å². The molecule has 0 aromatic heterocycles. The first kappa shape index (κ1) is 27.9. The van der Waals surface area contributed by atoms with Crippen LogP contribution in [0.1, 0.15) is 25.7 Å². The first-order chi connectivity index (χ1) is 15.3. The molecule has 178 valence electrons. The average molecular weight is 489 g/mol. The number of nitrogens with two attached hydrogens (primary N) is 1. The van der Waals surface area contributed by atoms with Crippen molar-refractivity contribution in [3.63, 3.8) is 0 Å². The summed E-state index contributed by atoms with van der Waals surface area (Å²) in [5, 5.41) is 5.34. The van der Waals surface area contributed by atoms with Crippen LogP contribution >= 0.6 is 7.36 Å². The summed E-state index contributed by atoms with van der Waals surface area (Å²) in [6.07, 6.45) is 4.34. The maximum atomic E-state index is 11.7. The third-order valence-corrected chi connectivity index (χ3v) is 5.36. The van der Waals surface area contributed by atoms with Crippen LogP contribution in [0.4, 0.5) is 0 Å². The second-order valence-corrected chi connectivity index (χ2v) is 7.98. The number of unbranched alkanes of at least 4 members (excludes halogenated alkanes) is 1. The Hall–Kier alpha value is -2.11. The van der Waals surface area contributed by atoms with Gasteiger partial charge in [-0.05, 0) is 31.1 Å². The summed E-state index contributed by atoms with van der Waals surface area (Å²) in [4.78, 5) is 58.3. The van der Waals surface area contributed by atoms with Crippen LogP contribution in [0.3, 0.4) is 0 Å². The quantitative estimate of drug-likeness (QED) is 0.125. The van der Waals surface area contributed by atoms with Gasteiger partial charge in [0.15, 0.2) is 0 Å². The lowest BCUT2D eigenvalue weighted by atomic mass is 10.1. The summed E-state index contributed by atoms with van der Waals surface area (Å²) >= 11 is 4.63. The predicted octanol–water partition coefficient (Wildman–Crippen LogP) is -1.00. The molecule has 4 N–H and O–H groups in total. The van der Waals surface area contributed by atoms with Gasteiger partial charge in [0, 0.05) is 38.2 Å². The predicted molar refractivity (Wildman–Crippen MR) is 119 cm³/mol. The molecule has 13 heteroatoms. The van der Waals surface area contributed by atoms with Crippen molar-refractivity contribution in [1.29, 1.82) is 0 Å². The molecule has 0 aliphatic carbocycles. The molecule has 1 aliphatic heterocycles. The minimum absolute atomic E-state index is 0.0243. The number of amides is 4. The molecule has 0 spiro atoms. The normalized spacial score (nSPS) is 14.1. The molecule has 1 aliphatic rings. The van der Waals surface area contributed by atoms with Crippen LogP contribution in [-0.2, 0) is 45.3 Å². The van der Waals surface area contributed by atoms with E-state index >= 15 is 0 Å². The van der Waals surface area contributed by atoms with Crippen LogP contribution in [0.15, 0.2) is 12.2 Å². The largest absolute Gasteiger partial charge is 0.377 e. The van der Waals surface area contributed by atoms with Crippen LogP contribution in [0.25, 0.3) is 0 Å². The van der Waals surface area contributed by atoms with E-state index in [0.717, 1.165) is 11.3 Å². The molecule has 0 fully saturated rings. The van der Waals surface area contributed by atoms with Crippen molar-refractivity contribution in [2.24, 2.45) is 5.73 Å². The lowest BCUT2D eigenvalue weighted by molar-refractivity contribution is -0.137. The lowest BCUT2D eigenvalue weighted by Crippen LogP contribution is -2.35. The van der Waals surface area contributed by atoms with Crippen LogP contribution in [0, 0.1) is 0 Å². The number of carbonyl (C=O) groups excluding carboxylic acids is 5. The number of nitrogens with one attached hydrogen (secondary N) is 2. The van der Waals surface area contributed by atoms with E-state index in [2.05, 4.69) is 22.4 Å². The third kappa shape index (κ3) is 12.1. The Morgan fingerprint density at radius 2 is 1.66 bits per heavy atom. The van der Waals surface area contributed by atoms with Crippen LogP contribution in [-0.4, -0.2) is 86.2 Å². The van der Waals surface area contributed by atoms with Crippen LogP contribution in [0.2, 0.25) is 0 Å². The molecule has 0 unspecified atom stereocenters. The van der Waals surface area contributed by atoms with E-state index in [0.29, 0.717) is 19.4 Å². The van der Waals surface area contributed by atoms with Gasteiger partial charge in [-0.25, -0.2) is 0 Å². The molecular weight excluding hydrogens is 459 g/mol. The molecule has 0 bridgehead atoms. The molecule has 11 nitrogen and oxygen atoms in total. The van der Waals surface area contributed by atoms with Gasteiger partial charge in [0.25, 0.3) is 11.8 Å². The molecule has 0 radical (unpaired) electrons. The number of ether oxygens (including phenoxy) is 2. The Kier molecular flexibility index (Phi) is 14.4. The number of hydrogen-bond donors (Lipinski definition) is 3. The second kappa shape index (κ2) is 16.5. The van der Waals surface area contributed by atoms with Gasteiger partial charge in [-0.3, -0.25) is 28.9 Å². The molecule has 1 atom stereocenters. The zero-order valence-electron chi connectivity index (χ0n) is 17.7. The van der Waals surface area contributed by atoms with Gasteiger partial charge in [0.1, 0.15) is 6.61 Å². The minimum atomic E-state index is -0.537. The summed E-state index contributed by atoms with van der Waals surface area (Å²) in [7, 11) is 0.252. The van der Waals surface area contributed by atoms with E-state index in [1.54, 1.807) is 0 Å². The van der Waals surface area contributed by atoms with E-state index in [1.165, 1.54) is 12.2 Å². The van der Waals surface area contributed by atoms with E-state index in [4.69, 9.17) is 15.2 Å². The molecule has 1 heterocycles. The summed E-state index contributed by atoms with van der Waals surface area (Å²) in [5.41, 5.74) is 5.51. The molecule has 0 aromatic carbocycles.